The summed E-state index contributed by atoms with van der Waals surface area (Å²) in [6.07, 6.45) is 1.71. The van der Waals surface area contributed by atoms with Crippen molar-refractivity contribution in [2.24, 2.45) is 0 Å². The van der Waals surface area contributed by atoms with Crippen LogP contribution in [0.5, 0.6) is 5.75 Å². The van der Waals surface area contributed by atoms with Crippen LogP contribution in [0.3, 0.4) is 0 Å². The van der Waals surface area contributed by atoms with Gasteiger partial charge in [-0.15, -0.1) is 6.58 Å². The normalized spacial score (nSPS) is 11.2. The van der Waals surface area contributed by atoms with Gasteiger partial charge in [0.05, 0.1) is 150 Å². The third-order valence-corrected chi connectivity index (χ3v) is 5.50. The highest BCUT2D eigenvalue weighted by molar-refractivity contribution is 5.35. The van der Waals surface area contributed by atoms with E-state index in [2.05, 4.69) is 6.58 Å². The second-order valence-electron chi connectivity index (χ2n) is 9.09. The predicted octanol–water partition coefficient (Wildman–Crippen LogP) is 2.34. The quantitative estimate of drug-likeness (QED) is 0.0443. The summed E-state index contributed by atoms with van der Waals surface area (Å²) in [4.78, 5) is 10.2. The van der Waals surface area contributed by atoms with Gasteiger partial charge < -0.3 is 56.8 Å². The highest BCUT2D eigenvalue weighted by Gasteiger charge is 2.04. The molecule has 46 heavy (non-hydrogen) atoms. The summed E-state index contributed by atoms with van der Waals surface area (Å²) in [5, 5.41) is 10.6. The van der Waals surface area contributed by atoms with Crippen molar-refractivity contribution < 1.29 is 61.8 Å². The monoisotopic (exact) mass is 663 g/mol. The van der Waals surface area contributed by atoms with Gasteiger partial charge in [0, 0.05) is 12.1 Å². The molecule has 15 heteroatoms. The maximum atomic E-state index is 10.6. The second kappa shape index (κ2) is 34.1. The summed E-state index contributed by atoms with van der Waals surface area (Å²) in [6.45, 7) is 14.8. The maximum Gasteiger partial charge on any atom is 0.269 e. The first-order valence-electron chi connectivity index (χ1n) is 15.6. The van der Waals surface area contributed by atoms with Gasteiger partial charge in [0.1, 0.15) is 12.4 Å². The van der Waals surface area contributed by atoms with Crippen molar-refractivity contribution >= 4 is 5.69 Å². The van der Waals surface area contributed by atoms with Crippen LogP contribution in [0.1, 0.15) is 0 Å². The van der Waals surface area contributed by atoms with Crippen LogP contribution >= 0.6 is 0 Å². The maximum absolute atomic E-state index is 10.6. The van der Waals surface area contributed by atoms with Crippen LogP contribution < -0.4 is 4.74 Å². The number of nitro benzene ring substituents is 1. The van der Waals surface area contributed by atoms with E-state index in [9.17, 15) is 10.1 Å². The van der Waals surface area contributed by atoms with Gasteiger partial charge in [0.15, 0.2) is 0 Å². The number of non-ortho nitro benzene ring substituents is 1. The average molecular weight is 664 g/mol. The molecule has 1 rings (SSSR count). The number of benzene rings is 1. The summed E-state index contributed by atoms with van der Waals surface area (Å²) in [6, 6.07) is 5.91. The van der Waals surface area contributed by atoms with Gasteiger partial charge in [0.2, 0.25) is 0 Å². The first kappa shape index (κ1) is 41.7. The van der Waals surface area contributed by atoms with Gasteiger partial charge in [-0.05, 0) is 12.1 Å². The second-order valence-corrected chi connectivity index (χ2v) is 9.09. The van der Waals surface area contributed by atoms with Crippen LogP contribution in [0, 0.1) is 10.1 Å². The van der Waals surface area contributed by atoms with E-state index < -0.39 is 4.92 Å². The molecule has 0 aliphatic carbocycles. The topological polar surface area (TPSA) is 154 Å². The third kappa shape index (κ3) is 29.1. The molecule has 0 bridgehead atoms. The Morgan fingerprint density at radius 1 is 0.457 bits per heavy atom. The summed E-state index contributed by atoms with van der Waals surface area (Å²) in [5.41, 5.74) is 0.0251. The predicted molar refractivity (Wildman–Crippen MR) is 168 cm³/mol. The third-order valence-electron chi connectivity index (χ3n) is 5.50. The summed E-state index contributed by atoms with van der Waals surface area (Å²) >= 11 is 0. The Morgan fingerprint density at radius 3 is 0.978 bits per heavy atom. The first-order valence-corrected chi connectivity index (χ1v) is 15.6. The molecule has 15 nitrogen and oxygen atoms in total. The van der Waals surface area contributed by atoms with Gasteiger partial charge in [-0.3, -0.25) is 10.1 Å². The van der Waals surface area contributed by atoms with Crippen molar-refractivity contribution in [1.82, 2.24) is 0 Å². The average Bonchev–Trinajstić information content (AvgIpc) is 3.06. The van der Waals surface area contributed by atoms with Crippen molar-refractivity contribution in [2.75, 3.05) is 152 Å². The number of hydrogen-bond donors (Lipinski definition) is 0. The lowest BCUT2D eigenvalue weighted by atomic mass is 10.3. The standard InChI is InChI=1S/C31H53NO14/c1-2-7-35-8-9-36-10-11-37-12-13-38-14-15-39-16-17-40-18-19-41-20-21-42-22-23-43-24-25-44-26-27-45-28-29-46-31-5-3-30(4-6-31)32(33)34/h2-6H,1,7-29H2. The van der Waals surface area contributed by atoms with Crippen LogP contribution in [-0.2, 0) is 52.1 Å². The van der Waals surface area contributed by atoms with Crippen molar-refractivity contribution in [1.29, 1.82) is 0 Å². The van der Waals surface area contributed by atoms with E-state index in [4.69, 9.17) is 56.8 Å². The molecule has 0 saturated heterocycles. The molecular formula is C31H53NO14. The molecule has 1 aromatic carbocycles. The minimum absolute atomic E-state index is 0.0251. The highest BCUT2D eigenvalue weighted by Crippen LogP contribution is 2.17. The molecule has 0 saturated carbocycles. The number of hydrogen-bond acceptors (Lipinski definition) is 14. The van der Waals surface area contributed by atoms with Crippen molar-refractivity contribution in [3.05, 3.63) is 47.0 Å². The molecule has 266 valence electrons. The van der Waals surface area contributed by atoms with Crippen molar-refractivity contribution in [2.45, 2.75) is 0 Å². The van der Waals surface area contributed by atoms with E-state index >= 15 is 0 Å². The van der Waals surface area contributed by atoms with E-state index in [1.807, 2.05) is 0 Å². The van der Waals surface area contributed by atoms with Crippen molar-refractivity contribution in [3.63, 3.8) is 0 Å². The SMILES string of the molecule is C=CCOCCOCCOCCOCCOCCOCCOCCOCCOCCOCCOCCOc1ccc([N+](=O)[O-])cc1. The molecule has 0 fully saturated rings. The minimum Gasteiger partial charge on any atom is -0.491 e. The molecule has 0 N–H and O–H groups in total. The van der Waals surface area contributed by atoms with E-state index in [0.29, 0.717) is 158 Å². The Hall–Kier alpha value is -2.28. The lowest BCUT2D eigenvalue weighted by Gasteiger charge is -2.09. The first-order chi connectivity index (χ1) is 22.7. The summed E-state index contributed by atoms with van der Waals surface area (Å²) < 4.78 is 65.1. The largest absolute Gasteiger partial charge is 0.491 e. The molecule has 0 aliphatic heterocycles. The van der Waals surface area contributed by atoms with E-state index in [0.717, 1.165) is 0 Å². The number of nitro groups is 1. The fraction of sp³-hybridized carbons (Fsp3) is 0.742. The van der Waals surface area contributed by atoms with Gasteiger partial charge in [-0.25, -0.2) is 0 Å². The van der Waals surface area contributed by atoms with Gasteiger partial charge in [0.25, 0.3) is 5.69 Å². The van der Waals surface area contributed by atoms with Crippen molar-refractivity contribution in [3.8, 4) is 5.75 Å². The van der Waals surface area contributed by atoms with Crippen LogP contribution in [0.2, 0.25) is 0 Å². The molecule has 0 aliphatic rings. The van der Waals surface area contributed by atoms with E-state index in [1.165, 1.54) is 12.1 Å². The summed E-state index contributed by atoms with van der Waals surface area (Å²) in [7, 11) is 0. The van der Waals surface area contributed by atoms with Crippen LogP contribution in [-0.4, -0.2) is 157 Å². The number of rotatable bonds is 37. The highest BCUT2D eigenvalue weighted by atomic mass is 16.6. The molecule has 0 amide bonds. The Balaban J connectivity index is 1.65. The number of ether oxygens (including phenoxy) is 12. The van der Waals surface area contributed by atoms with Crippen LogP contribution in [0.15, 0.2) is 36.9 Å². The lowest BCUT2D eigenvalue weighted by Crippen LogP contribution is -2.15. The zero-order valence-corrected chi connectivity index (χ0v) is 27.0. The lowest BCUT2D eigenvalue weighted by molar-refractivity contribution is -0.384. The van der Waals surface area contributed by atoms with E-state index in [1.54, 1.807) is 18.2 Å². The number of nitrogens with zero attached hydrogens (tertiary/aromatic N) is 1. The van der Waals surface area contributed by atoms with Crippen LogP contribution in [0.4, 0.5) is 5.69 Å². The minimum atomic E-state index is -0.452. The van der Waals surface area contributed by atoms with Crippen LogP contribution in [0.25, 0.3) is 0 Å². The molecule has 0 radical (unpaired) electrons. The molecule has 0 atom stereocenters. The Labute approximate surface area is 272 Å². The Bertz CT molecular complexity index is 802. The van der Waals surface area contributed by atoms with Gasteiger partial charge in [-0.2, -0.15) is 0 Å². The van der Waals surface area contributed by atoms with Gasteiger partial charge in [-0.1, -0.05) is 6.08 Å². The Kier molecular flexibility index (Phi) is 30.9. The molecule has 0 unspecified atom stereocenters. The fourth-order valence-corrected chi connectivity index (χ4v) is 3.25. The zero-order chi connectivity index (χ0) is 33.0. The molecule has 0 aromatic heterocycles. The Morgan fingerprint density at radius 2 is 0.717 bits per heavy atom. The molecule has 1 aromatic rings. The summed E-state index contributed by atoms with van der Waals surface area (Å²) in [5.74, 6) is 0.555. The van der Waals surface area contributed by atoms with E-state index in [-0.39, 0.29) is 5.69 Å². The fourth-order valence-electron chi connectivity index (χ4n) is 3.25. The molecule has 0 heterocycles. The smallest absolute Gasteiger partial charge is 0.269 e. The molecule has 0 spiro atoms. The molecular weight excluding hydrogens is 610 g/mol. The van der Waals surface area contributed by atoms with Gasteiger partial charge >= 0.3 is 0 Å². The zero-order valence-electron chi connectivity index (χ0n) is 27.0.